The second-order valence-corrected chi connectivity index (χ2v) is 4.40. The maximum atomic E-state index is 5.56. The number of aromatic nitrogens is 2. The van der Waals surface area contributed by atoms with Gasteiger partial charge in [-0.15, -0.1) is 0 Å². The van der Waals surface area contributed by atoms with Gasteiger partial charge in [-0.05, 0) is 40.5 Å². The fourth-order valence-corrected chi connectivity index (χ4v) is 1.70. The van der Waals surface area contributed by atoms with Gasteiger partial charge in [0.25, 0.3) is 0 Å². The van der Waals surface area contributed by atoms with Gasteiger partial charge in [0.05, 0.1) is 6.20 Å². The summed E-state index contributed by atoms with van der Waals surface area (Å²) in [5.74, 6) is 1.20. The Kier molecular flexibility index (Phi) is 4.06. The Bertz CT molecular complexity index is 487. The van der Waals surface area contributed by atoms with Crippen molar-refractivity contribution in [3.8, 4) is 11.6 Å². The van der Waals surface area contributed by atoms with E-state index in [2.05, 4.69) is 25.9 Å². The van der Waals surface area contributed by atoms with Crippen molar-refractivity contribution in [3.63, 3.8) is 0 Å². The molecule has 2 aromatic heterocycles. The summed E-state index contributed by atoms with van der Waals surface area (Å²) in [6.07, 6.45) is 5.93. The van der Waals surface area contributed by atoms with Crippen LogP contribution in [0.15, 0.2) is 41.3 Å². The lowest BCUT2D eigenvalue weighted by Crippen LogP contribution is -2.02. The number of nitrogens with zero attached hydrogens (tertiary/aromatic N) is 2. The molecule has 0 aliphatic rings. The third-order valence-electron chi connectivity index (χ3n) is 2.13. The van der Waals surface area contributed by atoms with E-state index in [0.29, 0.717) is 18.2 Å². The number of nitrogens with two attached hydrogens (primary N) is 1. The van der Waals surface area contributed by atoms with Gasteiger partial charge in [-0.3, -0.25) is 4.98 Å². The highest BCUT2D eigenvalue weighted by Gasteiger charge is 2.00. The number of rotatable bonds is 4. The van der Waals surface area contributed by atoms with E-state index in [1.807, 2.05) is 18.2 Å². The van der Waals surface area contributed by atoms with E-state index in [1.54, 1.807) is 18.6 Å². The molecule has 88 valence electrons. The van der Waals surface area contributed by atoms with Gasteiger partial charge in [-0.2, -0.15) is 0 Å². The van der Waals surface area contributed by atoms with Crippen molar-refractivity contribution < 1.29 is 4.74 Å². The SMILES string of the molecule is NCCc1ccc(Oc2cncc(Br)c2)nc1. The van der Waals surface area contributed by atoms with Gasteiger partial charge < -0.3 is 10.5 Å². The Morgan fingerprint density at radius 3 is 2.76 bits per heavy atom. The average Bonchev–Trinajstić information content (AvgIpc) is 2.32. The van der Waals surface area contributed by atoms with Crippen LogP contribution in [0.3, 0.4) is 0 Å². The van der Waals surface area contributed by atoms with Crippen molar-refractivity contribution in [2.24, 2.45) is 5.73 Å². The Labute approximate surface area is 108 Å². The number of pyridine rings is 2. The molecule has 0 bridgehead atoms. The summed E-state index contributed by atoms with van der Waals surface area (Å²) in [6, 6.07) is 5.62. The largest absolute Gasteiger partial charge is 0.437 e. The molecule has 0 aliphatic heterocycles. The molecule has 5 heteroatoms. The fraction of sp³-hybridized carbons (Fsp3) is 0.167. The van der Waals surface area contributed by atoms with Crippen LogP contribution >= 0.6 is 15.9 Å². The van der Waals surface area contributed by atoms with Gasteiger partial charge in [0, 0.05) is 22.9 Å². The molecule has 0 saturated heterocycles. The lowest BCUT2D eigenvalue weighted by Gasteiger charge is -2.05. The number of halogens is 1. The molecule has 0 saturated carbocycles. The topological polar surface area (TPSA) is 61.0 Å². The van der Waals surface area contributed by atoms with Crippen LogP contribution in [-0.2, 0) is 6.42 Å². The minimum atomic E-state index is 0.547. The van der Waals surface area contributed by atoms with Crippen LogP contribution in [0.2, 0.25) is 0 Å². The first-order valence-corrected chi connectivity index (χ1v) is 6.00. The monoisotopic (exact) mass is 293 g/mol. The maximum Gasteiger partial charge on any atom is 0.219 e. The molecule has 0 atom stereocenters. The predicted octanol–water partition coefficient (Wildman–Crippen LogP) is 2.53. The van der Waals surface area contributed by atoms with Crippen LogP contribution in [0.1, 0.15) is 5.56 Å². The van der Waals surface area contributed by atoms with Crippen molar-refractivity contribution in [1.29, 1.82) is 0 Å². The van der Waals surface area contributed by atoms with Crippen LogP contribution in [0.25, 0.3) is 0 Å². The van der Waals surface area contributed by atoms with E-state index >= 15 is 0 Å². The van der Waals surface area contributed by atoms with Gasteiger partial charge in [0.1, 0.15) is 5.75 Å². The quantitative estimate of drug-likeness (QED) is 0.941. The Morgan fingerprint density at radius 1 is 1.24 bits per heavy atom. The van der Waals surface area contributed by atoms with Gasteiger partial charge in [-0.25, -0.2) is 4.98 Å². The molecule has 2 rings (SSSR count). The van der Waals surface area contributed by atoms with Crippen LogP contribution in [-0.4, -0.2) is 16.5 Å². The van der Waals surface area contributed by atoms with E-state index in [-0.39, 0.29) is 0 Å². The second-order valence-electron chi connectivity index (χ2n) is 3.48. The third-order valence-corrected chi connectivity index (χ3v) is 2.57. The molecule has 0 aromatic carbocycles. The molecule has 0 radical (unpaired) electrons. The molecule has 17 heavy (non-hydrogen) atoms. The first-order chi connectivity index (χ1) is 8.28. The van der Waals surface area contributed by atoms with Crippen molar-refractivity contribution in [3.05, 3.63) is 46.8 Å². The molecule has 2 heterocycles. The molecular formula is C12H12BrN3O. The van der Waals surface area contributed by atoms with Crippen LogP contribution in [0.4, 0.5) is 0 Å². The van der Waals surface area contributed by atoms with Gasteiger partial charge >= 0.3 is 0 Å². The van der Waals surface area contributed by atoms with Gasteiger partial charge in [0.15, 0.2) is 0 Å². The molecule has 0 unspecified atom stereocenters. The summed E-state index contributed by atoms with van der Waals surface area (Å²) in [7, 11) is 0. The number of hydrogen-bond donors (Lipinski definition) is 1. The first-order valence-electron chi connectivity index (χ1n) is 5.21. The minimum Gasteiger partial charge on any atom is -0.437 e. The van der Waals surface area contributed by atoms with Crippen molar-refractivity contribution in [1.82, 2.24) is 9.97 Å². The smallest absolute Gasteiger partial charge is 0.219 e. The zero-order chi connectivity index (χ0) is 12.1. The fourth-order valence-electron chi connectivity index (χ4n) is 1.35. The maximum absolute atomic E-state index is 5.56. The lowest BCUT2D eigenvalue weighted by molar-refractivity contribution is 0.460. The summed E-state index contributed by atoms with van der Waals surface area (Å²) < 4.78 is 6.43. The van der Waals surface area contributed by atoms with E-state index in [1.165, 1.54) is 0 Å². The second kappa shape index (κ2) is 5.75. The van der Waals surface area contributed by atoms with Crippen molar-refractivity contribution >= 4 is 15.9 Å². The van der Waals surface area contributed by atoms with E-state index in [0.717, 1.165) is 16.5 Å². The molecule has 0 aliphatic carbocycles. The van der Waals surface area contributed by atoms with Crippen LogP contribution in [0, 0.1) is 0 Å². The Hall–Kier alpha value is -1.46. The summed E-state index contributed by atoms with van der Waals surface area (Å²) in [6.45, 7) is 0.622. The summed E-state index contributed by atoms with van der Waals surface area (Å²) in [5, 5.41) is 0. The number of hydrogen-bond acceptors (Lipinski definition) is 4. The molecule has 0 amide bonds. The molecule has 0 spiro atoms. The Morgan fingerprint density at radius 2 is 2.12 bits per heavy atom. The van der Waals surface area contributed by atoms with Gasteiger partial charge in [-0.1, -0.05) is 6.07 Å². The summed E-state index contributed by atoms with van der Waals surface area (Å²) in [4.78, 5) is 8.21. The standard InChI is InChI=1S/C12H12BrN3O/c13-10-5-11(8-15-7-10)17-12-2-1-9(3-4-14)6-16-12/h1-2,5-8H,3-4,14H2. The molecule has 2 aromatic rings. The van der Waals surface area contributed by atoms with E-state index in [4.69, 9.17) is 10.5 Å². The normalized spacial score (nSPS) is 10.2. The van der Waals surface area contributed by atoms with E-state index < -0.39 is 0 Å². The van der Waals surface area contributed by atoms with Crippen molar-refractivity contribution in [2.75, 3.05) is 6.54 Å². The molecule has 4 nitrogen and oxygen atoms in total. The summed E-state index contributed by atoms with van der Waals surface area (Å²) >= 11 is 3.33. The zero-order valence-corrected chi connectivity index (χ0v) is 10.7. The zero-order valence-electron chi connectivity index (χ0n) is 9.14. The van der Waals surface area contributed by atoms with Crippen molar-refractivity contribution in [2.45, 2.75) is 6.42 Å². The minimum absolute atomic E-state index is 0.547. The average molecular weight is 294 g/mol. The molecule has 0 fully saturated rings. The van der Waals surface area contributed by atoms with Gasteiger partial charge in [0.2, 0.25) is 5.88 Å². The summed E-state index contributed by atoms with van der Waals surface area (Å²) in [5.41, 5.74) is 6.57. The molecular weight excluding hydrogens is 282 g/mol. The Balaban J connectivity index is 2.08. The third kappa shape index (κ3) is 3.51. The highest BCUT2D eigenvalue weighted by molar-refractivity contribution is 9.10. The van der Waals surface area contributed by atoms with E-state index in [9.17, 15) is 0 Å². The predicted molar refractivity (Wildman–Crippen MR) is 69.0 cm³/mol. The highest BCUT2D eigenvalue weighted by Crippen LogP contribution is 2.21. The highest BCUT2D eigenvalue weighted by atomic mass is 79.9. The van der Waals surface area contributed by atoms with Crippen LogP contribution in [0.5, 0.6) is 11.6 Å². The number of ether oxygens (including phenoxy) is 1. The lowest BCUT2D eigenvalue weighted by atomic mass is 10.2. The molecule has 2 N–H and O–H groups in total. The first kappa shape index (κ1) is 12.0. The van der Waals surface area contributed by atoms with Crippen LogP contribution < -0.4 is 10.5 Å².